The van der Waals surface area contributed by atoms with E-state index in [0.29, 0.717) is 4.90 Å². The average Bonchev–Trinajstić information content (AvgIpc) is 2.76. The molecule has 0 bridgehead atoms. The first-order chi connectivity index (χ1) is 15.3. The van der Waals surface area contributed by atoms with Crippen molar-refractivity contribution in [2.45, 2.75) is 57.4 Å². The molecule has 0 aromatic heterocycles. The fourth-order valence-electron chi connectivity index (χ4n) is 4.67. The maximum Gasteiger partial charge on any atom is 0.264 e. The molecule has 1 heterocycles. The van der Waals surface area contributed by atoms with Crippen LogP contribution >= 0.6 is 0 Å². The number of aryl methyl sites for hydroxylation is 5. The quantitative estimate of drug-likeness (QED) is 0.480. The Bertz CT molecular complexity index is 1230. The molecule has 0 saturated heterocycles. The van der Waals surface area contributed by atoms with Gasteiger partial charge in [-0.15, -0.1) is 0 Å². The summed E-state index contributed by atoms with van der Waals surface area (Å²) in [5.41, 5.74) is 6.00. The number of rotatable bonds is 6. The van der Waals surface area contributed by atoms with Gasteiger partial charge in [0, 0.05) is 6.04 Å². The third-order valence-electron chi connectivity index (χ3n) is 6.32. The molecule has 0 amide bonds. The molecule has 0 fully saturated rings. The zero-order valence-corrected chi connectivity index (χ0v) is 20.1. The van der Waals surface area contributed by atoms with Crippen LogP contribution in [0.3, 0.4) is 0 Å². The smallest absolute Gasteiger partial charge is 0.264 e. The first-order valence-electron chi connectivity index (χ1n) is 11.1. The van der Waals surface area contributed by atoms with Crippen LogP contribution in [0.2, 0.25) is 0 Å². The van der Waals surface area contributed by atoms with Gasteiger partial charge in [0.15, 0.2) is 0 Å². The summed E-state index contributed by atoms with van der Waals surface area (Å²) >= 11 is 0. The summed E-state index contributed by atoms with van der Waals surface area (Å²) in [7, 11) is -2.03. The highest BCUT2D eigenvalue weighted by atomic mass is 32.2. The van der Waals surface area contributed by atoms with Gasteiger partial charge in [0.2, 0.25) is 0 Å². The van der Waals surface area contributed by atoms with Crippen molar-refractivity contribution in [3.63, 3.8) is 0 Å². The Balaban J connectivity index is 1.74. The van der Waals surface area contributed by atoms with Crippen molar-refractivity contribution in [2.75, 3.05) is 11.4 Å². The molecule has 4 nitrogen and oxygen atoms in total. The lowest BCUT2D eigenvalue weighted by atomic mass is 9.93. The first-order valence-corrected chi connectivity index (χ1v) is 12.6. The Morgan fingerprint density at radius 3 is 2.47 bits per heavy atom. The Kier molecular flexibility index (Phi) is 6.29. The standard InChI is InChI=1S/C27H31NO3S/c1-19-9-15-27(21(3)16-19)32(29,30)28-24(13-10-22-6-5-7-25(18-22)31-4)14-12-23-11-8-20(2)17-26(23)28/h5-9,11,15-18,24H,10,12-14H2,1-4H3. The molecule has 0 spiro atoms. The lowest BCUT2D eigenvalue weighted by Crippen LogP contribution is -2.44. The van der Waals surface area contributed by atoms with E-state index in [1.54, 1.807) is 17.5 Å². The maximum atomic E-state index is 14.0. The molecule has 1 aliphatic heterocycles. The highest BCUT2D eigenvalue weighted by Crippen LogP contribution is 2.38. The molecule has 0 radical (unpaired) electrons. The van der Waals surface area contributed by atoms with Crippen LogP contribution in [0.5, 0.6) is 5.75 Å². The van der Waals surface area contributed by atoms with Gasteiger partial charge >= 0.3 is 0 Å². The zero-order chi connectivity index (χ0) is 22.9. The van der Waals surface area contributed by atoms with Gasteiger partial charge in [-0.1, -0.05) is 42.0 Å². The van der Waals surface area contributed by atoms with Crippen LogP contribution in [-0.4, -0.2) is 21.6 Å². The molecule has 32 heavy (non-hydrogen) atoms. The Labute approximate surface area is 191 Å². The summed E-state index contributed by atoms with van der Waals surface area (Å²) in [6, 6.07) is 19.7. The van der Waals surface area contributed by atoms with Gasteiger partial charge in [0.05, 0.1) is 17.7 Å². The van der Waals surface area contributed by atoms with Crippen LogP contribution in [0.25, 0.3) is 0 Å². The van der Waals surface area contributed by atoms with Gasteiger partial charge in [-0.05, 0) is 93.0 Å². The molecular formula is C27H31NO3S. The molecule has 168 valence electrons. The van der Waals surface area contributed by atoms with Crippen LogP contribution in [0.4, 0.5) is 5.69 Å². The first kappa shape index (κ1) is 22.4. The molecule has 1 atom stereocenters. The van der Waals surface area contributed by atoms with Crippen molar-refractivity contribution in [3.05, 3.63) is 88.5 Å². The van der Waals surface area contributed by atoms with Crippen LogP contribution in [0.15, 0.2) is 65.6 Å². The molecule has 3 aromatic rings. The van der Waals surface area contributed by atoms with E-state index in [2.05, 4.69) is 18.2 Å². The molecule has 1 unspecified atom stereocenters. The van der Waals surface area contributed by atoms with Gasteiger partial charge in [-0.3, -0.25) is 4.31 Å². The number of methoxy groups -OCH3 is 1. The van der Waals surface area contributed by atoms with E-state index in [1.165, 1.54) is 0 Å². The second-order valence-corrected chi connectivity index (χ2v) is 10.6. The van der Waals surface area contributed by atoms with E-state index in [1.807, 2.05) is 57.2 Å². The van der Waals surface area contributed by atoms with Gasteiger partial charge in [0.1, 0.15) is 5.75 Å². The highest BCUT2D eigenvalue weighted by molar-refractivity contribution is 7.93. The molecular weight excluding hydrogens is 418 g/mol. The van der Waals surface area contributed by atoms with Gasteiger partial charge in [-0.25, -0.2) is 8.42 Å². The Morgan fingerprint density at radius 2 is 1.72 bits per heavy atom. The monoisotopic (exact) mass is 449 g/mol. The molecule has 0 saturated carbocycles. The largest absolute Gasteiger partial charge is 0.497 e. The lowest BCUT2D eigenvalue weighted by Gasteiger charge is -2.38. The number of sulfonamides is 1. The molecule has 1 aliphatic rings. The van der Waals surface area contributed by atoms with E-state index in [-0.39, 0.29) is 6.04 Å². The van der Waals surface area contributed by atoms with Crippen molar-refractivity contribution in [3.8, 4) is 5.75 Å². The van der Waals surface area contributed by atoms with Crippen molar-refractivity contribution >= 4 is 15.7 Å². The van der Waals surface area contributed by atoms with Crippen molar-refractivity contribution in [2.24, 2.45) is 0 Å². The number of benzene rings is 3. The normalized spacial score (nSPS) is 16.0. The topological polar surface area (TPSA) is 46.6 Å². The maximum absolute atomic E-state index is 14.0. The minimum atomic E-state index is -3.70. The molecule has 5 heteroatoms. The Hall–Kier alpha value is -2.79. The molecule has 3 aromatic carbocycles. The minimum Gasteiger partial charge on any atom is -0.497 e. The minimum absolute atomic E-state index is 0.0961. The number of nitrogens with zero attached hydrogens (tertiary/aromatic N) is 1. The van der Waals surface area contributed by atoms with E-state index in [9.17, 15) is 8.42 Å². The van der Waals surface area contributed by atoms with Gasteiger partial charge < -0.3 is 4.74 Å². The number of hydrogen-bond donors (Lipinski definition) is 0. The van der Waals surface area contributed by atoms with Gasteiger partial charge in [0.25, 0.3) is 10.0 Å². The SMILES string of the molecule is COc1cccc(CCC2CCc3ccc(C)cc3N2S(=O)(=O)c2ccc(C)cc2C)c1. The van der Waals surface area contributed by atoms with E-state index < -0.39 is 10.0 Å². The number of fused-ring (bicyclic) bond motifs is 1. The molecule has 4 rings (SSSR count). The second-order valence-electron chi connectivity index (χ2n) is 8.78. The predicted molar refractivity (Wildman–Crippen MR) is 130 cm³/mol. The summed E-state index contributed by atoms with van der Waals surface area (Å²) in [5.74, 6) is 0.826. The second kappa shape index (κ2) is 8.99. The number of anilines is 1. The summed E-state index contributed by atoms with van der Waals surface area (Å²) in [4.78, 5) is 0.392. The summed E-state index contributed by atoms with van der Waals surface area (Å²) < 4.78 is 35.1. The molecule has 0 N–H and O–H groups in total. The lowest BCUT2D eigenvalue weighted by molar-refractivity contribution is 0.414. The fourth-order valence-corrected chi connectivity index (χ4v) is 6.62. The van der Waals surface area contributed by atoms with Crippen molar-refractivity contribution in [1.29, 1.82) is 0 Å². The summed E-state index contributed by atoms with van der Waals surface area (Å²) in [6.07, 6.45) is 3.24. The van der Waals surface area contributed by atoms with Crippen molar-refractivity contribution < 1.29 is 13.2 Å². The average molecular weight is 450 g/mol. The fraction of sp³-hybridized carbons (Fsp3) is 0.333. The molecule has 0 aliphatic carbocycles. The third-order valence-corrected chi connectivity index (χ3v) is 8.35. The Morgan fingerprint density at radius 1 is 0.969 bits per heavy atom. The van der Waals surface area contributed by atoms with E-state index in [4.69, 9.17) is 4.74 Å². The van der Waals surface area contributed by atoms with Crippen LogP contribution in [-0.2, 0) is 22.9 Å². The number of hydrogen-bond acceptors (Lipinski definition) is 3. The zero-order valence-electron chi connectivity index (χ0n) is 19.3. The summed E-state index contributed by atoms with van der Waals surface area (Å²) in [6.45, 7) is 5.88. The van der Waals surface area contributed by atoms with Crippen molar-refractivity contribution in [1.82, 2.24) is 0 Å². The van der Waals surface area contributed by atoms with Gasteiger partial charge in [-0.2, -0.15) is 0 Å². The van der Waals surface area contributed by atoms with Crippen LogP contribution < -0.4 is 9.04 Å². The third kappa shape index (κ3) is 4.40. The van der Waals surface area contributed by atoms with E-state index >= 15 is 0 Å². The number of ether oxygens (including phenoxy) is 1. The van der Waals surface area contributed by atoms with Crippen LogP contribution in [0, 0.1) is 20.8 Å². The highest BCUT2D eigenvalue weighted by Gasteiger charge is 2.36. The predicted octanol–water partition coefficient (Wildman–Crippen LogP) is 5.76. The van der Waals surface area contributed by atoms with E-state index in [0.717, 1.165) is 64.9 Å². The summed E-state index contributed by atoms with van der Waals surface area (Å²) in [5, 5.41) is 0. The van der Waals surface area contributed by atoms with Crippen LogP contribution in [0.1, 0.15) is 40.7 Å².